The molecule has 1 heterocycles. The van der Waals surface area contributed by atoms with Crippen LogP contribution in [-0.2, 0) is 6.42 Å². The highest BCUT2D eigenvalue weighted by Crippen LogP contribution is 2.25. The minimum Gasteiger partial charge on any atom is -0.497 e. The summed E-state index contributed by atoms with van der Waals surface area (Å²) in [7, 11) is 1.64. The van der Waals surface area contributed by atoms with Gasteiger partial charge >= 0.3 is 0 Å². The smallest absolute Gasteiger partial charge is 0.298 e. The standard InChI is InChI=1S/C20H21N3O3S/c1-13(2)21-19(24)15-7-5-9-17(12-15)26-20-22-18(23-27-20)11-14-6-4-8-16(10-14)25-3/h4-10,12-13H,11H2,1-3H3,(H,21,24). The molecule has 0 atom stereocenters. The number of carbonyl (C=O) groups excluding carboxylic acids is 1. The van der Waals surface area contributed by atoms with E-state index in [0.717, 1.165) is 11.3 Å². The number of ether oxygens (including phenoxy) is 2. The number of aromatic nitrogens is 2. The van der Waals surface area contributed by atoms with E-state index in [0.29, 0.717) is 28.8 Å². The van der Waals surface area contributed by atoms with Crippen LogP contribution in [0.2, 0.25) is 0 Å². The first-order valence-electron chi connectivity index (χ1n) is 8.58. The maximum atomic E-state index is 12.1. The van der Waals surface area contributed by atoms with E-state index < -0.39 is 0 Å². The molecule has 3 aromatic rings. The van der Waals surface area contributed by atoms with Gasteiger partial charge in [0.1, 0.15) is 11.5 Å². The van der Waals surface area contributed by atoms with E-state index in [9.17, 15) is 4.79 Å². The van der Waals surface area contributed by atoms with Crippen molar-refractivity contribution in [1.29, 1.82) is 0 Å². The molecule has 0 saturated carbocycles. The summed E-state index contributed by atoms with van der Waals surface area (Å²) in [5, 5.41) is 3.30. The summed E-state index contributed by atoms with van der Waals surface area (Å²) in [4.78, 5) is 16.5. The van der Waals surface area contributed by atoms with Gasteiger partial charge in [-0.3, -0.25) is 4.79 Å². The van der Waals surface area contributed by atoms with Crippen molar-refractivity contribution < 1.29 is 14.3 Å². The average molecular weight is 383 g/mol. The molecule has 0 fully saturated rings. The second kappa shape index (κ2) is 8.64. The maximum absolute atomic E-state index is 12.1. The molecule has 0 aliphatic rings. The zero-order valence-corrected chi connectivity index (χ0v) is 16.2. The van der Waals surface area contributed by atoms with Gasteiger partial charge in [0, 0.05) is 29.6 Å². The lowest BCUT2D eigenvalue weighted by atomic mass is 10.1. The number of hydrogen-bond donors (Lipinski definition) is 1. The number of rotatable bonds is 7. The van der Waals surface area contributed by atoms with E-state index in [-0.39, 0.29) is 11.9 Å². The summed E-state index contributed by atoms with van der Waals surface area (Å²) in [6, 6.07) is 14.9. The van der Waals surface area contributed by atoms with E-state index >= 15 is 0 Å². The number of amides is 1. The van der Waals surface area contributed by atoms with Gasteiger partial charge in [-0.05, 0) is 49.7 Å². The molecule has 0 bridgehead atoms. The summed E-state index contributed by atoms with van der Waals surface area (Å²) in [5.74, 6) is 1.90. The number of nitrogens with one attached hydrogen (secondary N) is 1. The lowest BCUT2D eigenvalue weighted by Gasteiger charge is -2.09. The number of benzene rings is 2. The van der Waals surface area contributed by atoms with Gasteiger partial charge in [-0.2, -0.15) is 9.36 Å². The molecule has 0 aliphatic carbocycles. The molecule has 27 heavy (non-hydrogen) atoms. The molecule has 7 heteroatoms. The van der Waals surface area contributed by atoms with E-state index in [2.05, 4.69) is 14.7 Å². The topological polar surface area (TPSA) is 73.3 Å². The van der Waals surface area contributed by atoms with Gasteiger partial charge in [0.15, 0.2) is 5.82 Å². The van der Waals surface area contributed by atoms with Crippen LogP contribution in [0.25, 0.3) is 0 Å². The van der Waals surface area contributed by atoms with Crippen LogP contribution >= 0.6 is 11.5 Å². The fraction of sp³-hybridized carbons (Fsp3) is 0.250. The molecule has 0 unspecified atom stereocenters. The highest BCUT2D eigenvalue weighted by molar-refractivity contribution is 7.07. The summed E-state index contributed by atoms with van der Waals surface area (Å²) >= 11 is 1.18. The SMILES string of the molecule is COc1cccc(Cc2nsc(Oc3cccc(C(=O)NC(C)C)c3)n2)c1. The number of nitrogens with zero attached hydrogens (tertiary/aromatic N) is 2. The lowest BCUT2D eigenvalue weighted by molar-refractivity contribution is 0.0943. The van der Waals surface area contributed by atoms with Crippen LogP contribution in [0.5, 0.6) is 16.7 Å². The number of carbonyl (C=O) groups is 1. The Kier molecular flexibility index (Phi) is 6.03. The Morgan fingerprint density at radius 3 is 2.70 bits per heavy atom. The Hall–Kier alpha value is -2.93. The van der Waals surface area contributed by atoms with E-state index in [4.69, 9.17) is 9.47 Å². The Bertz CT molecular complexity index is 924. The molecule has 0 radical (unpaired) electrons. The molecule has 2 aromatic carbocycles. The van der Waals surface area contributed by atoms with E-state index in [1.165, 1.54) is 11.5 Å². The largest absolute Gasteiger partial charge is 0.497 e. The quantitative estimate of drug-likeness (QED) is 0.666. The van der Waals surface area contributed by atoms with Gasteiger partial charge in [-0.1, -0.05) is 18.2 Å². The van der Waals surface area contributed by atoms with Gasteiger partial charge in [0.05, 0.1) is 7.11 Å². The predicted octanol–water partition coefficient (Wildman–Crippen LogP) is 4.07. The minimum atomic E-state index is -0.133. The Labute approximate surface area is 162 Å². The van der Waals surface area contributed by atoms with Crippen molar-refractivity contribution in [1.82, 2.24) is 14.7 Å². The maximum Gasteiger partial charge on any atom is 0.298 e. The summed E-state index contributed by atoms with van der Waals surface area (Å²) in [6.45, 7) is 3.84. The van der Waals surface area contributed by atoms with Crippen molar-refractivity contribution in [3.63, 3.8) is 0 Å². The molecule has 0 aliphatic heterocycles. The van der Waals surface area contributed by atoms with Crippen LogP contribution in [0.3, 0.4) is 0 Å². The van der Waals surface area contributed by atoms with Gasteiger partial charge in [-0.25, -0.2) is 0 Å². The molecule has 140 valence electrons. The highest BCUT2D eigenvalue weighted by atomic mass is 32.1. The predicted molar refractivity (Wildman–Crippen MR) is 105 cm³/mol. The summed E-state index contributed by atoms with van der Waals surface area (Å²) in [6.07, 6.45) is 0.591. The van der Waals surface area contributed by atoms with Crippen molar-refractivity contribution in [2.45, 2.75) is 26.3 Å². The first-order valence-corrected chi connectivity index (χ1v) is 9.35. The third-order valence-electron chi connectivity index (χ3n) is 3.67. The Morgan fingerprint density at radius 2 is 1.93 bits per heavy atom. The molecular formula is C20H21N3O3S. The van der Waals surface area contributed by atoms with Gasteiger partial charge in [0.25, 0.3) is 11.1 Å². The average Bonchev–Trinajstić information content (AvgIpc) is 3.08. The minimum absolute atomic E-state index is 0.0735. The molecule has 1 aromatic heterocycles. The Balaban J connectivity index is 1.68. The van der Waals surface area contributed by atoms with Crippen LogP contribution in [-0.4, -0.2) is 28.4 Å². The highest BCUT2D eigenvalue weighted by Gasteiger charge is 2.11. The van der Waals surface area contributed by atoms with Crippen molar-refractivity contribution in [3.05, 3.63) is 65.5 Å². The van der Waals surface area contributed by atoms with E-state index in [1.54, 1.807) is 31.4 Å². The first kappa shape index (κ1) is 18.8. The molecule has 0 saturated heterocycles. The monoisotopic (exact) mass is 383 g/mol. The van der Waals surface area contributed by atoms with Gasteiger partial charge in [-0.15, -0.1) is 0 Å². The third-order valence-corrected chi connectivity index (χ3v) is 4.30. The normalized spacial score (nSPS) is 10.7. The van der Waals surface area contributed by atoms with Crippen LogP contribution in [0, 0.1) is 0 Å². The fourth-order valence-electron chi connectivity index (χ4n) is 2.46. The second-order valence-electron chi connectivity index (χ2n) is 6.26. The van der Waals surface area contributed by atoms with Crippen LogP contribution < -0.4 is 14.8 Å². The van der Waals surface area contributed by atoms with Gasteiger partial charge < -0.3 is 14.8 Å². The van der Waals surface area contributed by atoms with E-state index in [1.807, 2.05) is 38.1 Å². The first-order chi connectivity index (χ1) is 13.0. The summed E-state index contributed by atoms with van der Waals surface area (Å²) < 4.78 is 15.4. The second-order valence-corrected chi connectivity index (χ2v) is 6.98. The molecule has 0 spiro atoms. The van der Waals surface area contributed by atoms with Crippen molar-refractivity contribution in [2.24, 2.45) is 0 Å². The van der Waals surface area contributed by atoms with Gasteiger partial charge in [0.2, 0.25) is 0 Å². The third kappa shape index (κ3) is 5.27. The molecular weight excluding hydrogens is 362 g/mol. The number of hydrogen-bond acceptors (Lipinski definition) is 6. The number of methoxy groups -OCH3 is 1. The van der Waals surface area contributed by atoms with Crippen LogP contribution in [0.15, 0.2) is 48.5 Å². The van der Waals surface area contributed by atoms with Crippen LogP contribution in [0.4, 0.5) is 0 Å². The van der Waals surface area contributed by atoms with Crippen molar-refractivity contribution >= 4 is 17.4 Å². The Morgan fingerprint density at radius 1 is 1.15 bits per heavy atom. The lowest BCUT2D eigenvalue weighted by Crippen LogP contribution is -2.29. The molecule has 1 N–H and O–H groups in total. The zero-order valence-electron chi connectivity index (χ0n) is 15.4. The summed E-state index contributed by atoms with van der Waals surface area (Å²) in [5.41, 5.74) is 1.60. The van der Waals surface area contributed by atoms with Crippen LogP contribution in [0.1, 0.15) is 35.6 Å². The molecule has 1 amide bonds. The molecule has 3 rings (SSSR count). The fourth-order valence-corrected chi connectivity index (χ4v) is 3.03. The molecule has 6 nitrogen and oxygen atoms in total. The zero-order chi connectivity index (χ0) is 19.2. The van der Waals surface area contributed by atoms with Crippen molar-refractivity contribution in [2.75, 3.05) is 7.11 Å². The van der Waals surface area contributed by atoms with Crippen molar-refractivity contribution in [3.8, 4) is 16.7 Å².